The molecular weight excluding hydrogens is 170 g/mol. The molecule has 0 aromatic carbocycles. The van der Waals surface area contributed by atoms with Crippen LogP contribution in [-0.4, -0.2) is 17.5 Å². The summed E-state index contributed by atoms with van der Waals surface area (Å²) in [5.74, 6) is -0.560. The molecule has 1 amide bonds. The molecule has 4 heteroatoms. The van der Waals surface area contributed by atoms with E-state index in [2.05, 4.69) is 6.58 Å². The Hall–Kier alpha value is -1.45. The molecule has 0 fully saturated rings. The first kappa shape index (κ1) is 14.1. The zero-order chi connectivity index (χ0) is 11.0. The smallest absolute Gasteiger partial charge is 0.243 e. The molecule has 0 aromatic heterocycles. The fourth-order valence-corrected chi connectivity index (χ4v) is 0.351. The van der Waals surface area contributed by atoms with Crippen molar-refractivity contribution in [2.45, 2.75) is 27.2 Å². The Morgan fingerprint density at radius 3 is 1.31 bits per heavy atom. The van der Waals surface area contributed by atoms with E-state index in [0.29, 0.717) is 5.57 Å². The standard InChI is InChI=1S/C5H8O2.C4H7NO/c1-4(6)3-5(2)7;1-3(2)4(5)6/h3H2,1-2H3;1H2,2H3,(H2,5,6). The van der Waals surface area contributed by atoms with Gasteiger partial charge in [-0.3, -0.25) is 14.4 Å². The molecule has 0 saturated heterocycles. The van der Waals surface area contributed by atoms with Crippen LogP contribution in [0.3, 0.4) is 0 Å². The number of primary amides is 1. The molecule has 0 saturated carbocycles. The molecule has 0 rings (SSSR count). The van der Waals surface area contributed by atoms with Crippen LogP contribution < -0.4 is 5.73 Å². The van der Waals surface area contributed by atoms with Gasteiger partial charge in [-0.05, 0) is 20.8 Å². The van der Waals surface area contributed by atoms with Crippen molar-refractivity contribution in [3.05, 3.63) is 12.2 Å². The predicted molar refractivity (Wildman–Crippen MR) is 50.0 cm³/mol. The summed E-state index contributed by atoms with van der Waals surface area (Å²) in [7, 11) is 0. The van der Waals surface area contributed by atoms with Gasteiger partial charge in [0.05, 0.1) is 6.42 Å². The molecule has 0 aromatic rings. The van der Waals surface area contributed by atoms with E-state index in [0.717, 1.165) is 0 Å². The number of rotatable bonds is 3. The Kier molecular flexibility index (Phi) is 7.82. The highest BCUT2D eigenvalue weighted by molar-refractivity contribution is 5.96. The van der Waals surface area contributed by atoms with Gasteiger partial charge in [0.2, 0.25) is 5.91 Å². The molecular formula is C9H15NO3. The van der Waals surface area contributed by atoms with Crippen molar-refractivity contribution in [1.82, 2.24) is 0 Å². The third-order valence-corrected chi connectivity index (χ3v) is 0.919. The van der Waals surface area contributed by atoms with E-state index >= 15 is 0 Å². The first-order valence-electron chi connectivity index (χ1n) is 3.71. The lowest BCUT2D eigenvalue weighted by atomic mass is 10.2. The topological polar surface area (TPSA) is 77.2 Å². The van der Waals surface area contributed by atoms with Crippen molar-refractivity contribution in [1.29, 1.82) is 0 Å². The summed E-state index contributed by atoms with van der Waals surface area (Å²) in [4.78, 5) is 29.9. The van der Waals surface area contributed by atoms with Gasteiger partial charge in [-0.25, -0.2) is 0 Å². The predicted octanol–water partition coefficient (Wildman–Crippen LogP) is 0.602. The first-order chi connectivity index (χ1) is 5.77. The van der Waals surface area contributed by atoms with Crippen molar-refractivity contribution < 1.29 is 14.4 Å². The third-order valence-electron chi connectivity index (χ3n) is 0.919. The normalized spacial score (nSPS) is 7.92. The first-order valence-corrected chi connectivity index (χ1v) is 3.71. The maximum absolute atomic E-state index is 10.0. The van der Waals surface area contributed by atoms with E-state index in [4.69, 9.17) is 5.73 Å². The number of Topliss-reactive ketones (excluding diaryl/α,β-unsaturated/α-hetero) is 2. The summed E-state index contributed by atoms with van der Waals surface area (Å²) < 4.78 is 0. The van der Waals surface area contributed by atoms with Gasteiger partial charge in [0.15, 0.2) is 0 Å². The molecule has 0 unspecified atom stereocenters. The van der Waals surface area contributed by atoms with Gasteiger partial charge in [-0.1, -0.05) is 6.58 Å². The van der Waals surface area contributed by atoms with E-state index in [1.807, 2.05) is 0 Å². The number of hydrogen-bond donors (Lipinski definition) is 1. The second kappa shape index (κ2) is 7.21. The Morgan fingerprint density at radius 1 is 1.08 bits per heavy atom. The lowest BCUT2D eigenvalue weighted by Crippen LogP contribution is -2.10. The molecule has 74 valence electrons. The molecule has 0 aliphatic heterocycles. The van der Waals surface area contributed by atoms with Gasteiger partial charge < -0.3 is 5.73 Å². The third kappa shape index (κ3) is 18.0. The van der Waals surface area contributed by atoms with E-state index < -0.39 is 5.91 Å². The van der Waals surface area contributed by atoms with E-state index in [9.17, 15) is 14.4 Å². The van der Waals surface area contributed by atoms with Crippen molar-refractivity contribution in [2.75, 3.05) is 0 Å². The Labute approximate surface area is 77.8 Å². The van der Waals surface area contributed by atoms with Crippen LogP contribution in [0.2, 0.25) is 0 Å². The molecule has 0 bridgehead atoms. The van der Waals surface area contributed by atoms with Crippen molar-refractivity contribution >= 4 is 17.5 Å². The second-order valence-electron chi connectivity index (χ2n) is 2.73. The Morgan fingerprint density at radius 2 is 1.31 bits per heavy atom. The highest BCUT2D eigenvalue weighted by Crippen LogP contribution is 1.80. The summed E-state index contributed by atoms with van der Waals surface area (Å²) in [6.45, 7) is 7.66. The molecule has 0 aliphatic carbocycles. The number of hydrogen-bond acceptors (Lipinski definition) is 3. The lowest BCUT2D eigenvalue weighted by molar-refractivity contribution is -0.124. The largest absolute Gasteiger partial charge is 0.366 e. The SMILES string of the molecule is C=C(C)C(N)=O.CC(=O)CC(C)=O. The van der Waals surface area contributed by atoms with Gasteiger partial charge in [0.1, 0.15) is 11.6 Å². The van der Waals surface area contributed by atoms with Crippen LogP contribution in [0.25, 0.3) is 0 Å². The van der Waals surface area contributed by atoms with Crippen LogP contribution in [0.5, 0.6) is 0 Å². The average Bonchev–Trinajstić information content (AvgIpc) is 1.84. The second-order valence-corrected chi connectivity index (χ2v) is 2.73. The number of nitrogens with two attached hydrogens (primary N) is 1. The number of carbonyl (C=O) groups is 3. The fraction of sp³-hybridized carbons (Fsp3) is 0.444. The van der Waals surface area contributed by atoms with Crippen LogP contribution in [0.4, 0.5) is 0 Å². The highest BCUT2D eigenvalue weighted by Gasteiger charge is 1.94. The molecule has 0 spiro atoms. The molecule has 0 atom stereocenters. The summed E-state index contributed by atoms with van der Waals surface area (Å²) >= 11 is 0. The fourth-order valence-electron chi connectivity index (χ4n) is 0.351. The zero-order valence-corrected chi connectivity index (χ0v) is 8.22. The average molecular weight is 185 g/mol. The van der Waals surface area contributed by atoms with Crippen molar-refractivity contribution in [2.24, 2.45) is 5.73 Å². The molecule has 4 nitrogen and oxygen atoms in total. The van der Waals surface area contributed by atoms with E-state index in [1.165, 1.54) is 13.8 Å². The van der Waals surface area contributed by atoms with E-state index in [-0.39, 0.29) is 18.0 Å². The minimum absolute atomic E-state index is 0.0625. The molecule has 13 heavy (non-hydrogen) atoms. The van der Waals surface area contributed by atoms with Crippen LogP contribution in [-0.2, 0) is 14.4 Å². The summed E-state index contributed by atoms with van der Waals surface area (Å²) in [5, 5.41) is 0. The lowest BCUT2D eigenvalue weighted by Gasteiger charge is -1.81. The molecule has 0 aliphatic rings. The van der Waals surface area contributed by atoms with Crippen LogP contribution in [0.15, 0.2) is 12.2 Å². The van der Waals surface area contributed by atoms with Crippen molar-refractivity contribution in [3.8, 4) is 0 Å². The minimum Gasteiger partial charge on any atom is -0.366 e. The zero-order valence-electron chi connectivity index (χ0n) is 8.22. The summed E-state index contributed by atoms with van der Waals surface area (Å²) in [6.07, 6.45) is 0.0833. The summed E-state index contributed by atoms with van der Waals surface area (Å²) in [6, 6.07) is 0. The minimum atomic E-state index is -0.435. The van der Waals surface area contributed by atoms with Crippen LogP contribution in [0, 0.1) is 0 Å². The van der Waals surface area contributed by atoms with Gasteiger partial charge in [0, 0.05) is 5.57 Å². The Bertz CT molecular complexity index is 207. The van der Waals surface area contributed by atoms with Crippen molar-refractivity contribution in [3.63, 3.8) is 0 Å². The maximum atomic E-state index is 10.0. The van der Waals surface area contributed by atoms with Gasteiger partial charge in [-0.15, -0.1) is 0 Å². The van der Waals surface area contributed by atoms with Gasteiger partial charge >= 0.3 is 0 Å². The molecule has 0 radical (unpaired) electrons. The van der Waals surface area contributed by atoms with Gasteiger partial charge in [-0.2, -0.15) is 0 Å². The van der Waals surface area contributed by atoms with Gasteiger partial charge in [0.25, 0.3) is 0 Å². The van der Waals surface area contributed by atoms with Crippen LogP contribution in [0.1, 0.15) is 27.2 Å². The monoisotopic (exact) mass is 185 g/mol. The molecule has 2 N–H and O–H groups in total. The van der Waals surface area contributed by atoms with Crippen LogP contribution >= 0.6 is 0 Å². The number of ketones is 2. The summed E-state index contributed by atoms with van der Waals surface area (Å²) in [5.41, 5.74) is 5.09. The van der Waals surface area contributed by atoms with E-state index in [1.54, 1.807) is 6.92 Å². The molecule has 0 heterocycles. The Balaban J connectivity index is 0. The number of amides is 1. The number of carbonyl (C=O) groups excluding carboxylic acids is 3. The highest BCUT2D eigenvalue weighted by atomic mass is 16.1. The quantitative estimate of drug-likeness (QED) is 0.516. The maximum Gasteiger partial charge on any atom is 0.243 e.